The first-order valence-corrected chi connectivity index (χ1v) is 11.3. The summed E-state index contributed by atoms with van der Waals surface area (Å²) in [7, 11) is 3.15. The van der Waals surface area contributed by atoms with E-state index in [1.54, 1.807) is 55.5 Å². The Balaban J connectivity index is 1.33. The molecule has 3 aromatic carbocycles. The second-order valence-corrected chi connectivity index (χ2v) is 8.38. The zero-order valence-corrected chi connectivity index (χ0v) is 19.5. The molecular formula is C27H25N3O5. The molecule has 8 heteroatoms. The average molecular weight is 472 g/mol. The van der Waals surface area contributed by atoms with Gasteiger partial charge in [0.25, 0.3) is 11.8 Å². The number of rotatable bonds is 7. The molecule has 2 heterocycles. The van der Waals surface area contributed by atoms with Gasteiger partial charge in [-0.15, -0.1) is 0 Å². The van der Waals surface area contributed by atoms with Crippen LogP contribution in [0.3, 0.4) is 0 Å². The van der Waals surface area contributed by atoms with Gasteiger partial charge in [-0.2, -0.15) is 0 Å². The first kappa shape index (κ1) is 22.5. The lowest BCUT2D eigenvalue weighted by Gasteiger charge is -2.40. The van der Waals surface area contributed by atoms with Crippen LogP contribution in [0.5, 0.6) is 11.5 Å². The van der Waals surface area contributed by atoms with Gasteiger partial charge in [-0.3, -0.25) is 19.3 Å². The van der Waals surface area contributed by atoms with Gasteiger partial charge < -0.3 is 19.7 Å². The van der Waals surface area contributed by atoms with Crippen molar-refractivity contribution in [2.24, 2.45) is 0 Å². The maximum atomic E-state index is 13.4. The largest absolute Gasteiger partial charge is 0.493 e. The zero-order valence-electron chi connectivity index (χ0n) is 19.5. The minimum atomic E-state index is -0.655. The van der Waals surface area contributed by atoms with Crippen LogP contribution >= 0.6 is 0 Å². The highest BCUT2D eigenvalue weighted by atomic mass is 16.5. The second kappa shape index (κ2) is 9.13. The van der Waals surface area contributed by atoms with E-state index in [2.05, 4.69) is 5.32 Å². The first-order chi connectivity index (χ1) is 17.0. The number of carbonyl (C=O) groups is 3. The Morgan fingerprint density at radius 2 is 1.60 bits per heavy atom. The summed E-state index contributed by atoms with van der Waals surface area (Å²) < 4.78 is 10.6. The highest BCUT2D eigenvalue weighted by Crippen LogP contribution is 2.44. The van der Waals surface area contributed by atoms with Gasteiger partial charge in [0, 0.05) is 17.7 Å². The number of anilines is 1. The molecule has 1 N–H and O–H groups in total. The lowest BCUT2D eigenvalue weighted by atomic mass is 10.0. The molecule has 0 aliphatic carbocycles. The van der Waals surface area contributed by atoms with Crippen molar-refractivity contribution < 1.29 is 23.9 Å². The molecule has 0 spiro atoms. The van der Waals surface area contributed by atoms with Crippen LogP contribution in [0.4, 0.5) is 5.69 Å². The Morgan fingerprint density at radius 3 is 2.37 bits per heavy atom. The summed E-state index contributed by atoms with van der Waals surface area (Å²) in [5, 5.41) is 2.90. The van der Waals surface area contributed by atoms with E-state index >= 15 is 0 Å². The summed E-state index contributed by atoms with van der Waals surface area (Å²) in [5.41, 5.74) is 3.21. The molecule has 35 heavy (non-hydrogen) atoms. The molecule has 8 nitrogen and oxygen atoms in total. The van der Waals surface area contributed by atoms with Crippen LogP contribution in [0.1, 0.15) is 38.0 Å². The van der Waals surface area contributed by atoms with Crippen LogP contribution in [0.25, 0.3) is 0 Å². The first-order valence-electron chi connectivity index (χ1n) is 11.3. The van der Waals surface area contributed by atoms with Gasteiger partial charge >= 0.3 is 0 Å². The standard InChI is InChI=1S/C27H25N3O5/c1-34-22-12-11-17(15-23(22)35-2)13-14-28-24(31)16-29-25-18-7-3-4-8-19(18)27(33)30(25)21-10-6-5-9-20(21)26(29)32/h3-12,15,25H,13-14,16H2,1-2H3,(H,28,31). The molecule has 178 valence electrons. The predicted octanol–water partition coefficient (Wildman–Crippen LogP) is 3.18. The number of amides is 3. The number of para-hydroxylation sites is 1. The molecule has 0 fully saturated rings. The molecule has 2 aliphatic heterocycles. The molecule has 0 bridgehead atoms. The van der Waals surface area contributed by atoms with Crippen molar-refractivity contribution in [1.29, 1.82) is 0 Å². The molecule has 1 atom stereocenters. The number of hydrogen-bond donors (Lipinski definition) is 1. The van der Waals surface area contributed by atoms with E-state index in [9.17, 15) is 14.4 Å². The highest BCUT2D eigenvalue weighted by Gasteiger charge is 2.47. The Bertz CT molecular complexity index is 1320. The normalized spacial score (nSPS) is 15.9. The maximum absolute atomic E-state index is 13.4. The Labute approximate surface area is 203 Å². The number of hydrogen-bond acceptors (Lipinski definition) is 5. The van der Waals surface area contributed by atoms with Crippen LogP contribution in [0.15, 0.2) is 66.7 Å². The smallest absolute Gasteiger partial charge is 0.260 e. The topological polar surface area (TPSA) is 88.2 Å². The molecule has 5 rings (SSSR count). The summed E-state index contributed by atoms with van der Waals surface area (Å²) in [6.07, 6.45) is -0.0718. The third-order valence-electron chi connectivity index (χ3n) is 6.38. The van der Waals surface area contributed by atoms with Crippen LogP contribution in [0, 0.1) is 0 Å². The van der Waals surface area contributed by atoms with Crippen molar-refractivity contribution in [2.45, 2.75) is 12.6 Å². The van der Waals surface area contributed by atoms with Crippen LogP contribution in [-0.2, 0) is 11.2 Å². The molecule has 0 saturated carbocycles. The van der Waals surface area contributed by atoms with Gasteiger partial charge in [-0.1, -0.05) is 36.4 Å². The number of ether oxygens (including phenoxy) is 2. The fourth-order valence-corrected chi connectivity index (χ4v) is 4.73. The van der Waals surface area contributed by atoms with E-state index < -0.39 is 6.17 Å². The lowest BCUT2D eigenvalue weighted by molar-refractivity contribution is -0.122. The van der Waals surface area contributed by atoms with E-state index in [1.807, 2.05) is 30.3 Å². The van der Waals surface area contributed by atoms with Crippen molar-refractivity contribution in [3.8, 4) is 11.5 Å². The monoisotopic (exact) mass is 471 g/mol. The van der Waals surface area contributed by atoms with Gasteiger partial charge in [0.1, 0.15) is 12.7 Å². The highest BCUT2D eigenvalue weighted by molar-refractivity contribution is 6.17. The molecule has 0 radical (unpaired) electrons. The summed E-state index contributed by atoms with van der Waals surface area (Å²) in [6, 6.07) is 19.8. The summed E-state index contributed by atoms with van der Waals surface area (Å²) >= 11 is 0. The minimum Gasteiger partial charge on any atom is -0.493 e. The zero-order chi connectivity index (χ0) is 24.5. The Hall–Kier alpha value is -4.33. The van der Waals surface area contributed by atoms with Gasteiger partial charge in [0.15, 0.2) is 11.5 Å². The summed E-state index contributed by atoms with van der Waals surface area (Å²) in [5.74, 6) is 0.513. The summed E-state index contributed by atoms with van der Waals surface area (Å²) in [4.78, 5) is 42.6. The van der Waals surface area contributed by atoms with Crippen molar-refractivity contribution >= 4 is 23.4 Å². The van der Waals surface area contributed by atoms with Crippen LogP contribution < -0.4 is 19.7 Å². The SMILES string of the molecule is COc1ccc(CCNC(=O)CN2C(=O)c3ccccc3N3C(=O)c4ccccc4C23)cc1OC. The van der Waals surface area contributed by atoms with Gasteiger partial charge in [0.05, 0.1) is 25.5 Å². The minimum absolute atomic E-state index is 0.165. The molecule has 0 aromatic heterocycles. The van der Waals surface area contributed by atoms with Crippen molar-refractivity contribution in [2.75, 3.05) is 32.2 Å². The van der Waals surface area contributed by atoms with E-state index in [-0.39, 0.29) is 24.3 Å². The number of fused-ring (bicyclic) bond motifs is 5. The third kappa shape index (κ3) is 3.86. The second-order valence-electron chi connectivity index (χ2n) is 8.38. The van der Waals surface area contributed by atoms with Gasteiger partial charge in [-0.05, 0) is 42.3 Å². The van der Waals surface area contributed by atoms with Crippen molar-refractivity contribution in [3.63, 3.8) is 0 Å². The maximum Gasteiger partial charge on any atom is 0.260 e. The van der Waals surface area contributed by atoms with E-state index in [1.165, 1.54) is 4.90 Å². The average Bonchev–Trinajstić information content (AvgIpc) is 3.19. The Kier molecular flexibility index (Phi) is 5.86. The quantitative estimate of drug-likeness (QED) is 0.572. The molecule has 2 aliphatic rings. The molecule has 1 unspecified atom stereocenters. The fraction of sp³-hybridized carbons (Fsp3) is 0.222. The fourth-order valence-electron chi connectivity index (χ4n) is 4.73. The van der Waals surface area contributed by atoms with E-state index in [0.29, 0.717) is 41.3 Å². The van der Waals surface area contributed by atoms with E-state index in [4.69, 9.17) is 9.47 Å². The van der Waals surface area contributed by atoms with Gasteiger partial charge in [-0.25, -0.2) is 0 Å². The number of nitrogens with zero attached hydrogens (tertiary/aromatic N) is 2. The van der Waals surface area contributed by atoms with E-state index in [0.717, 1.165) is 11.1 Å². The third-order valence-corrected chi connectivity index (χ3v) is 6.38. The predicted molar refractivity (Wildman–Crippen MR) is 130 cm³/mol. The van der Waals surface area contributed by atoms with Gasteiger partial charge in [0.2, 0.25) is 5.91 Å². The number of carbonyl (C=O) groups excluding carboxylic acids is 3. The number of methoxy groups -OCH3 is 2. The molecule has 3 aromatic rings. The van der Waals surface area contributed by atoms with Crippen molar-refractivity contribution in [3.05, 3.63) is 89.0 Å². The Morgan fingerprint density at radius 1 is 0.886 bits per heavy atom. The molecular weight excluding hydrogens is 446 g/mol. The lowest BCUT2D eigenvalue weighted by Crippen LogP contribution is -2.51. The number of benzene rings is 3. The molecule has 0 saturated heterocycles. The van der Waals surface area contributed by atoms with Crippen molar-refractivity contribution in [1.82, 2.24) is 10.2 Å². The van der Waals surface area contributed by atoms with Crippen LogP contribution in [-0.4, -0.2) is 49.9 Å². The number of nitrogens with one attached hydrogen (secondary N) is 1. The summed E-state index contributed by atoms with van der Waals surface area (Å²) in [6.45, 7) is 0.221. The van der Waals surface area contributed by atoms with Crippen LogP contribution in [0.2, 0.25) is 0 Å². The molecule has 3 amide bonds.